The quantitative estimate of drug-likeness (QED) is 0.496. The lowest BCUT2D eigenvalue weighted by Gasteiger charge is -2.08. The number of aromatic amines is 1. The number of rotatable bonds is 6. The van der Waals surface area contributed by atoms with Gasteiger partial charge in [-0.25, -0.2) is 0 Å². The summed E-state index contributed by atoms with van der Waals surface area (Å²) in [5.74, 6) is 1.82. The summed E-state index contributed by atoms with van der Waals surface area (Å²) in [5, 5.41) is 15.5. The zero-order chi connectivity index (χ0) is 20.4. The van der Waals surface area contributed by atoms with Gasteiger partial charge in [0.05, 0.1) is 25.6 Å². The molecular formula is C19H17N5O4S. The number of nitrogens with one attached hydrogen (secondary N) is 2. The third-order valence-corrected chi connectivity index (χ3v) is 5.04. The molecule has 0 aliphatic rings. The molecule has 0 aliphatic carbocycles. The van der Waals surface area contributed by atoms with Gasteiger partial charge in [0.25, 0.3) is 11.8 Å². The molecule has 2 N–H and O–H groups in total. The van der Waals surface area contributed by atoms with Crippen molar-refractivity contribution in [2.75, 3.05) is 19.5 Å². The summed E-state index contributed by atoms with van der Waals surface area (Å²) in [5.41, 5.74) is 2.14. The van der Waals surface area contributed by atoms with E-state index in [0.29, 0.717) is 50.7 Å². The molecule has 0 spiro atoms. The van der Waals surface area contributed by atoms with Gasteiger partial charge in [-0.1, -0.05) is 5.16 Å². The number of nitrogens with zero attached hydrogens (tertiary/aromatic N) is 3. The van der Waals surface area contributed by atoms with Crippen molar-refractivity contribution in [1.82, 2.24) is 20.3 Å². The fourth-order valence-electron chi connectivity index (χ4n) is 2.74. The molecule has 0 bridgehead atoms. The first-order valence-corrected chi connectivity index (χ1v) is 9.44. The maximum atomic E-state index is 12.7. The van der Waals surface area contributed by atoms with Crippen LogP contribution in [0.25, 0.3) is 22.0 Å². The van der Waals surface area contributed by atoms with Crippen molar-refractivity contribution in [3.05, 3.63) is 47.2 Å². The number of anilines is 1. The molecule has 0 fully saturated rings. The average molecular weight is 411 g/mol. The van der Waals surface area contributed by atoms with Crippen LogP contribution in [0.5, 0.6) is 11.5 Å². The number of thiophene rings is 1. The second-order valence-electron chi connectivity index (χ2n) is 6.00. The minimum atomic E-state index is -0.346. The summed E-state index contributed by atoms with van der Waals surface area (Å²) >= 11 is 1.40. The van der Waals surface area contributed by atoms with Gasteiger partial charge in [-0.2, -0.15) is 10.1 Å². The van der Waals surface area contributed by atoms with Crippen LogP contribution in [0.4, 0.5) is 5.69 Å². The number of hydrogen-bond acceptors (Lipinski definition) is 8. The van der Waals surface area contributed by atoms with Crippen molar-refractivity contribution in [3.63, 3.8) is 0 Å². The van der Waals surface area contributed by atoms with Crippen molar-refractivity contribution >= 4 is 22.9 Å². The molecular weight excluding hydrogens is 394 g/mol. The minimum Gasteiger partial charge on any atom is -0.497 e. The Morgan fingerprint density at radius 1 is 1.21 bits per heavy atom. The number of carbonyl (C=O) groups is 1. The molecule has 3 heterocycles. The molecule has 4 aromatic rings. The Morgan fingerprint density at radius 3 is 2.79 bits per heavy atom. The molecule has 0 atom stereocenters. The third kappa shape index (κ3) is 3.69. The first-order chi connectivity index (χ1) is 14.1. The van der Waals surface area contributed by atoms with Gasteiger partial charge in [-0.15, -0.1) is 11.3 Å². The van der Waals surface area contributed by atoms with Gasteiger partial charge < -0.3 is 19.3 Å². The number of benzene rings is 1. The van der Waals surface area contributed by atoms with E-state index in [1.807, 2.05) is 5.38 Å². The molecule has 4 rings (SSSR count). The van der Waals surface area contributed by atoms with Crippen LogP contribution in [0.15, 0.2) is 40.2 Å². The number of aromatic nitrogens is 4. The smallest absolute Gasteiger partial charge is 0.273 e. The molecule has 1 amide bonds. The average Bonchev–Trinajstić information content (AvgIpc) is 3.48. The summed E-state index contributed by atoms with van der Waals surface area (Å²) in [6, 6.07) is 8.80. The molecule has 29 heavy (non-hydrogen) atoms. The second-order valence-corrected chi connectivity index (χ2v) is 6.91. The molecule has 0 radical (unpaired) electrons. The first-order valence-electron chi connectivity index (χ1n) is 8.56. The largest absolute Gasteiger partial charge is 0.497 e. The van der Waals surface area contributed by atoms with Gasteiger partial charge >= 0.3 is 0 Å². The van der Waals surface area contributed by atoms with Gasteiger partial charge in [0, 0.05) is 5.56 Å². The summed E-state index contributed by atoms with van der Waals surface area (Å²) in [6.07, 6.45) is 0. The first kappa shape index (κ1) is 18.7. The monoisotopic (exact) mass is 411 g/mol. The van der Waals surface area contributed by atoms with E-state index in [2.05, 4.69) is 25.7 Å². The maximum absolute atomic E-state index is 12.7. The van der Waals surface area contributed by atoms with E-state index in [4.69, 9.17) is 14.0 Å². The number of hydrogen-bond donors (Lipinski definition) is 2. The number of amides is 1. The van der Waals surface area contributed by atoms with Crippen molar-refractivity contribution in [3.8, 4) is 33.5 Å². The van der Waals surface area contributed by atoms with Crippen LogP contribution in [-0.2, 0) is 0 Å². The van der Waals surface area contributed by atoms with E-state index in [9.17, 15) is 4.79 Å². The van der Waals surface area contributed by atoms with Crippen LogP contribution in [0.2, 0.25) is 0 Å². The molecule has 3 aromatic heterocycles. The summed E-state index contributed by atoms with van der Waals surface area (Å²) in [6.45, 7) is 1.73. The second kappa shape index (κ2) is 7.76. The molecule has 10 heteroatoms. The van der Waals surface area contributed by atoms with Gasteiger partial charge in [0.1, 0.15) is 22.1 Å². The molecule has 148 valence electrons. The highest BCUT2D eigenvalue weighted by Crippen LogP contribution is 2.34. The van der Waals surface area contributed by atoms with E-state index in [0.717, 1.165) is 0 Å². The summed E-state index contributed by atoms with van der Waals surface area (Å²) in [4.78, 5) is 17.6. The molecule has 0 saturated carbocycles. The van der Waals surface area contributed by atoms with Crippen molar-refractivity contribution < 1.29 is 18.8 Å². The topological polar surface area (TPSA) is 115 Å². The number of aryl methyl sites for hydroxylation is 1. The Bertz CT molecular complexity index is 1160. The third-order valence-electron chi connectivity index (χ3n) is 4.14. The van der Waals surface area contributed by atoms with E-state index in [1.54, 1.807) is 51.5 Å². The zero-order valence-electron chi connectivity index (χ0n) is 15.8. The molecule has 1 aromatic carbocycles. The van der Waals surface area contributed by atoms with Crippen LogP contribution in [0.3, 0.4) is 0 Å². The summed E-state index contributed by atoms with van der Waals surface area (Å²) < 4.78 is 15.9. The highest BCUT2D eigenvalue weighted by Gasteiger charge is 2.19. The maximum Gasteiger partial charge on any atom is 0.273 e. The van der Waals surface area contributed by atoms with Gasteiger partial charge in [-0.05, 0) is 42.6 Å². The van der Waals surface area contributed by atoms with Crippen molar-refractivity contribution in [2.45, 2.75) is 6.92 Å². The molecule has 9 nitrogen and oxygen atoms in total. The van der Waals surface area contributed by atoms with Gasteiger partial charge in [-0.3, -0.25) is 9.89 Å². The fraction of sp³-hybridized carbons (Fsp3) is 0.158. The van der Waals surface area contributed by atoms with Crippen LogP contribution >= 0.6 is 11.3 Å². The predicted octanol–water partition coefficient (Wildman–Crippen LogP) is 3.77. The van der Waals surface area contributed by atoms with Crippen LogP contribution < -0.4 is 14.8 Å². The number of carbonyl (C=O) groups excluding carboxylic acids is 1. The highest BCUT2D eigenvalue weighted by molar-refractivity contribution is 7.14. The Hall–Kier alpha value is -3.66. The number of methoxy groups -OCH3 is 2. The lowest BCUT2D eigenvalue weighted by Crippen LogP contribution is -2.12. The van der Waals surface area contributed by atoms with Crippen molar-refractivity contribution in [2.24, 2.45) is 0 Å². The lowest BCUT2D eigenvalue weighted by molar-refractivity contribution is 0.102. The SMILES string of the molecule is COc1ccc(OC)c(-c2cc(C(=O)Nc3ccsc3-c3nc(C)no3)[nH]n2)c1. The zero-order valence-corrected chi connectivity index (χ0v) is 16.7. The van der Waals surface area contributed by atoms with Crippen molar-refractivity contribution in [1.29, 1.82) is 0 Å². The van der Waals surface area contributed by atoms with E-state index < -0.39 is 0 Å². The van der Waals surface area contributed by atoms with Crippen LogP contribution in [0.1, 0.15) is 16.3 Å². The summed E-state index contributed by atoms with van der Waals surface area (Å²) in [7, 11) is 3.15. The van der Waals surface area contributed by atoms with Crippen LogP contribution in [-0.4, -0.2) is 40.5 Å². The molecule has 0 saturated heterocycles. The Balaban J connectivity index is 1.58. The predicted molar refractivity (Wildman–Crippen MR) is 107 cm³/mol. The van der Waals surface area contributed by atoms with E-state index in [-0.39, 0.29) is 5.91 Å². The Labute approximate surface area is 169 Å². The lowest BCUT2D eigenvalue weighted by atomic mass is 10.1. The minimum absolute atomic E-state index is 0.295. The number of H-pyrrole nitrogens is 1. The van der Waals surface area contributed by atoms with Gasteiger partial charge in [0.15, 0.2) is 5.82 Å². The fourth-order valence-corrected chi connectivity index (χ4v) is 3.51. The highest BCUT2D eigenvalue weighted by atomic mass is 32.1. The van der Waals surface area contributed by atoms with Gasteiger partial charge in [0.2, 0.25) is 0 Å². The standard InChI is InChI=1S/C19H17N5O4S/c1-10-20-19(28-24-10)17-13(6-7-29-17)21-18(25)15-9-14(22-23-15)12-8-11(26-2)4-5-16(12)27-3/h4-9H,1-3H3,(H,21,25)(H,22,23). The molecule has 0 aliphatic heterocycles. The Kier molecular flexibility index (Phi) is 5.00. The van der Waals surface area contributed by atoms with E-state index >= 15 is 0 Å². The Morgan fingerprint density at radius 2 is 2.07 bits per heavy atom. The van der Waals surface area contributed by atoms with E-state index in [1.165, 1.54) is 11.3 Å². The normalized spacial score (nSPS) is 10.7. The number of ether oxygens (including phenoxy) is 2. The van der Waals surface area contributed by atoms with Crippen LogP contribution in [0, 0.1) is 6.92 Å². The molecule has 0 unspecified atom stereocenters.